The standard InChI is InChI=1S/C60H65B3N2S/c1-38-31-43(64(42-24-21-40(22-25-42)55(2,3)4)52-37-66-53-26-23-41(33-46(52)53)60(61,62)63)34-44(32-38)65(50-20-16-19-47-54(50)59(11,12)30-29-56(47,5)6)51-36-49-48(57(7,8)27-28-58(49,9)10)35-45(51)39-17-14-13-15-18-39/h13-26,31-37H,27-30H2,1-12H3. The number of hydrogen-bond donors (Lipinski definition) is 0. The molecule has 0 spiro atoms. The highest BCUT2D eigenvalue weighted by atomic mass is 32.1. The van der Waals surface area contributed by atoms with E-state index < -0.39 is 5.11 Å². The van der Waals surface area contributed by atoms with E-state index in [9.17, 15) is 0 Å². The van der Waals surface area contributed by atoms with Crippen molar-refractivity contribution in [3.8, 4) is 11.1 Å². The second-order valence-corrected chi connectivity index (χ2v) is 24.2. The van der Waals surface area contributed by atoms with Gasteiger partial charge in [0.05, 0.1) is 40.6 Å². The Hall–Kier alpha value is -4.93. The van der Waals surface area contributed by atoms with Crippen LogP contribution in [0, 0.1) is 6.92 Å². The highest BCUT2D eigenvalue weighted by Crippen LogP contribution is 2.56. The molecular formula is C60H65B3N2S. The van der Waals surface area contributed by atoms with Gasteiger partial charge in [-0.05, 0) is 159 Å². The fraction of sp³-hybridized carbons (Fsp3) is 0.367. The molecule has 0 amide bonds. The average Bonchev–Trinajstić information content (AvgIpc) is 3.67. The van der Waals surface area contributed by atoms with Crippen LogP contribution in [0.15, 0.2) is 127 Å². The molecule has 9 rings (SSSR count). The third-order valence-corrected chi connectivity index (χ3v) is 16.2. The highest BCUT2D eigenvalue weighted by molar-refractivity contribution is 7.17. The van der Waals surface area contributed by atoms with E-state index in [1.165, 1.54) is 55.9 Å². The van der Waals surface area contributed by atoms with E-state index in [-0.39, 0.29) is 27.1 Å². The molecule has 330 valence electrons. The zero-order valence-corrected chi connectivity index (χ0v) is 42.3. The molecule has 0 saturated carbocycles. The minimum Gasteiger partial charge on any atom is -0.309 e. The molecule has 66 heavy (non-hydrogen) atoms. The Morgan fingerprint density at radius 3 is 1.70 bits per heavy atom. The number of benzene rings is 6. The average molecular weight is 879 g/mol. The van der Waals surface area contributed by atoms with Crippen molar-refractivity contribution >= 4 is 79.1 Å². The Morgan fingerprint density at radius 2 is 1.08 bits per heavy atom. The van der Waals surface area contributed by atoms with Gasteiger partial charge in [0.15, 0.2) is 0 Å². The Bertz CT molecular complexity index is 2960. The van der Waals surface area contributed by atoms with Crippen molar-refractivity contribution in [2.45, 2.75) is 141 Å². The van der Waals surface area contributed by atoms with Crippen LogP contribution in [0.2, 0.25) is 0 Å². The largest absolute Gasteiger partial charge is 0.309 e. The van der Waals surface area contributed by atoms with Gasteiger partial charge in [0.2, 0.25) is 0 Å². The van der Waals surface area contributed by atoms with Gasteiger partial charge >= 0.3 is 0 Å². The second kappa shape index (κ2) is 16.1. The van der Waals surface area contributed by atoms with Crippen LogP contribution in [0.5, 0.6) is 0 Å². The number of anilines is 6. The van der Waals surface area contributed by atoms with Crippen molar-refractivity contribution in [1.82, 2.24) is 0 Å². The molecular weight excluding hydrogens is 813 g/mol. The lowest BCUT2D eigenvalue weighted by Crippen LogP contribution is -2.36. The molecule has 6 radical (unpaired) electrons. The minimum atomic E-state index is -1.48. The predicted molar refractivity (Wildman–Crippen MR) is 290 cm³/mol. The number of rotatable bonds is 8. The molecule has 7 aromatic rings. The first-order valence-electron chi connectivity index (χ1n) is 24.0. The van der Waals surface area contributed by atoms with E-state index in [0.29, 0.717) is 5.56 Å². The normalized spacial score (nSPS) is 17.2. The number of fused-ring (bicyclic) bond motifs is 3. The summed E-state index contributed by atoms with van der Waals surface area (Å²) >= 11 is 1.72. The van der Waals surface area contributed by atoms with Crippen LogP contribution in [-0.2, 0) is 32.2 Å². The maximum absolute atomic E-state index is 6.36. The summed E-state index contributed by atoms with van der Waals surface area (Å²) in [5.74, 6) is 0. The number of hydrogen-bond acceptors (Lipinski definition) is 3. The molecule has 0 atom stereocenters. The lowest BCUT2D eigenvalue weighted by molar-refractivity contribution is 0.331. The summed E-state index contributed by atoms with van der Waals surface area (Å²) in [7, 11) is 19.1. The molecule has 2 aliphatic carbocycles. The summed E-state index contributed by atoms with van der Waals surface area (Å²) in [4.78, 5) is 5.05. The van der Waals surface area contributed by atoms with Gasteiger partial charge in [0, 0.05) is 38.1 Å². The van der Waals surface area contributed by atoms with Gasteiger partial charge in [-0.1, -0.05) is 142 Å². The van der Waals surface area contributed by atoms with Crippen molar-refractivity contribution in [3.05, 3.63) is 166 Å². The maximum Gasteiger partial charge on any atom is 0.0647 e. The predicted octanol–water partition coefficient (Wildman–Crippen LogP) is 16.4. The monoisotopic (exact) mass is 879 g/mol. The zero-order chi connectivity index (χ0) is 47.4. The Balaban J connectivity index is 1.38. The van der Waals surface area contributed by atoms with Crippen molar-refractivity contribution < 1.29 is 0 Å². The Kier molecular flexibility index (Phi) is 11.3. The van der Waals surface area contributed by atoms with E-state index in [1.807, 2.05) is 6.07 Å². The van der Waals surface area contributed by atoms with Crippen LogP contribution >= 0.6 is 11.3 Å². The fourth-order valence-electron chi connectivity index (χ4n) is 10.9. The molecule has 2 nitrogen and oxygen atoms in total. The number of aryl methyl sites for hydroxylation is 1. The smallest absolute Gasteiger partial charge is 0.0647 e. The molecule has 6 heteroatoms. The molecule has 1 aromatic heterocycles. The van der Waals surface area contributed by atoms with Gasteiger partial charge in [0.25, 0.3) is 0 Å². The van der Waals surface area contributed by atoms with Gasteiger partial charge in [0.1, 0.15) is 0 Å². The van der Waals surface area contributed by atoms with Crippen LogP contribution in [-0.4, -0.2) is 23.5 Å². The zero-order valence-electron chi connectivity index (χ0n) is 41.5. The summed E-state index contributed by atoms with van der Waals surface area (Å²) in [5.41, 5.74) is 18.1. The minimum absolute atomic E-state index is 0.00131. The lowest BCUT2D eigenvalue weighted by atomic mass is 9.40. The van der Waals surface area contributed by atoms with Crippen LogP contribution in [0.1, 0.15) is 141 Å². The third kappa shape index (κ3) is 8.29. The first-order valence-corrected chi connectivity index (χ1v) is 24.8. The van der Waals surface area contributed by atoms with Gasteiger partial charge in [-0.25, -0.2) is 0 Å². The molecule has 0 fully saturated rings. The van der Waals surface area contributed by atoms with Crippen LogP contribution in [0.4, 0.5) is 34.1 Å². The SMILES string of the molecule is [B]C([B])([B])c1ccc2scc(N(c3ccc(C(C)(C)C)cc3)c3cc(C)cc(N(c4cc5c(cc4-c4ccccc4)C(C)(C)CCC5(C)C)c4cccc5c4C(C)(C)CCC5(C)C)c3)c2c1. The third-order valence-electron chi connectivity index (χ3n) is 15.2. The van der Waals surface area contributed by atoms with E-state index in [1.54, 1.807) is 11.3 Å². The second-order valence-electron chi connectivity index (χ2n) is 23.3. The van der Waals surface area contributed by atoms with E-state index in [0.717, 1.165) is 58.5 Å². The number of nitrogens with zero attached hydrogens (tertiary/aromatic N) is 2. The fourth-order valence-corrected chi connectivity index (χ4v) is 11.8. The van der Waals surface area contributed by atoms with Crippen LogP contribution < -0.4 is 9.80 Å². The van der Waals surface area contributed by atoms with E-state index in [4.69, 9.17) is 23.5 Å². The highest BCUT2D eigenvalue weighted by Gasteiger charge is 2.42. The summed E-state index contributed by atoms with van der Waals surface area (Å²) in [6.07, 6.45) is 4.53. The van der Waals surface area contributed by atoms with Gasteiger partial charge < -0.3 is 9.80 Å². The van der Waals surface area contributed by atoms with Crippen LogP contribution in [0.25, 0.3) is 21.2 Å². The maximum atomic E-state index is 6.36. The van der Waals surface area contributed by atoms with Crippen molar-refractivity contribution in [3.63, 3.8) is 0 Å². The summed E-state index contributed by atoms with van der Waals surface area (Å²) in [6, 6.07) is 45.6. The van der Waals surface area contributed by atoms with Crippen molar-refractivity contribution in [2.75, 3.05) is 9.80 Å². The molecule has 2 aliphatic rings. The topological polar surface area (TPSA) is 6.48 Å². The molecule has 0 unspecified atom stereocenters. The van der Waals surface area contributed by atoms with Crippen molar-refractivity contribution in [2.24, 2.45) is 0 Å². The van der Waals surface area contributed by atoms with E-state index >= 15 is 0 Å². The van der Waals surface area contributed by atoms with Gasteiger partial charge in [-0.3, -0.25) is 0 Å². The van der Waals surface area contributed by atoms with Gasteiger partial charge in [-0.2, -0.15) is 0 Å². The van der Waals surface area contributed by atoms with Crippen molar-refractivity contribution in [1.29, 1.82) is 0 Å². The van der Waals surface area contributed by atoms with E-state index in [2.05, 4.69) is 214 Å². The molecule has 1 heterocycles. The molecule has 0 aliphatic heterocycles. The van der Waals surface area contributed by atoms with Gasteiger partial charge in [-0.15, -0.1) is 16.4 Å². The molecule has 0 saturated heterocycles. The summed E-state index contributed by atoms with van der Waals surface area (Å²) in [5, 5.41) is 1.83. The number of thiophene rings is 1. The lowest BCUT2D eigenvalue weighted by Gasteiger charge is -2.46. The first-order chi connectivity index (χ1) is 30.9. The molecule has 6 aromatic carbocycles. The van der Waals surface area contributed by atoms with Crippen LogP contribution in [0.3, 0.4) is 0 Å². The Morgan fingerprint density at radius 1 is 0.500 bits per heavy atom. The molecule has 0 N–H and O–H groups in total. The Labute approximate surface area is 404 Å². The molecule has 0 bridgehead atoms. The summed E-state index contributed by atoms with van der Waals surface area (Å²) < 4.78 is 1.14. The quantitative estimate of drug-likeness (QED) is 0.140. The summed E-state index contributed by atoms with van der Waals surface area (Å²) in [6.45, 7) is 28.6. The first kappa shape index (κ1) is 46.2.